The highest BCUT2D eigenvalue weighted by Crippen LogP contribution is 2.27. The molecule has 0 aliphatic heterocycles. The molecule has 10 nitrogen and oxygen atoms in total. The lowest BCUT2D eigenvalue weighted by molar-refractivity contribution is -0.129. The summed E-state index contributed by atoms with van der Waals surface area (Å²) in [5.74, 6) is 0.286. The molecule has 1 unspecified atom stereocenters. The zero-order valence-corrected chi connectivity index (χ0v) is 24.9. The summed E-state index contributed by atoms with van der Waals surface area (Å²) in [6, 6.07) is 19.8. The fraction of sp³-hybridized carbons (Fsp3) is 0.333. The first-order valence-electron chi connectivity index (χ1n) is 14.4. The number of anilines is 1. The minimum absolute atomic E-state index is 0.0368. The smallest absolute Gasteiger partial charge is 0.243 e. The van der Waals surface area contributed by atoms with E-state index in [1.807, 2.05) is 22.9 Å². The summed E-state index contributed by atoms with van der Waals surface area (Å²) in [7, 11) is 0. The van der Waals surface area contributed by atoms with Crippen molar-refractivity contribution in [3.05, 3.63) is 90.3 Å². The quantitative estimate of drug-likeness (QED) is 0.150. The summed E-state index contributed by atoms with van der Waals surface area (Å²) in [4.78, 5) is 29.6. The molecule has 1 atom stereocenters. The number of aliphatic hydroxyl groups is 1. The van der Waals surface area contributed by atoms with E-state index in [2.05, 4.69) is 66.0 Å². The molecule has 226 valence electrons. The van der Waals surface area contributed by atoms with Gasteiger partial charge in [-0.1, -0.05) is 45.0 Å². The van der Waals surface area contributed by atoms with Crippen molar-refractivity contribution in [3.63, 3.8) is 0 Å². The lowest BCUT2D eigenvalue weighted by Crippen LogP contribution is -2.48. The number of nitrogens with zero attached hydrogens (tertiary/aromatic N) is 3. The number of pyridine rings is 1. The van der Waals surface area contributed by atoms with Crippen molar-refractivity contribution in [1.82, 2.24) is 25.4 Å². The van der Waals surface area contributed by atoms with Crippen LogP contribution in [0, 0.1) is 0 Å². The van der Waals surface area contributed by atoms with E-state index in [0.717, 1.165) is 28.3 Å². The fourth-order valence-corrected chi connectivity index (χ4v) is 4.58. The van der Waals surface area contributed by atoms with Gasteiger partial charge in [-0.05, 0) is 59.4 Å². The van der Waals surface area contributed by atoms with Crippen LogP contribution in [0.3, 0.4) is 0 Å². The first-order valence-corrected chi connectivity index (χ1v) is 14.4. The van der Waals surface area contributed by atoms with Crippen molar-refractivity contribution < 1.29 is 19.8 Å². The van der Waals surface area contributed by atoms with E-state index in [1.54, 1.807) is 24.5 Å². The van der Waals surface area contributed by atoms with Gasteiger partial charge in [-0.15, -0.1) is 0 Å². The lowest BCUT2D eigenvalue weighted by atomic mass is 9.87. The summed E-state index contributed by atoms with van der Waals surface area (Å²) in [5, 5.41) is 32.4. The zero-order chi connectivity index (χ0) is 30.8. The van der Waals surface area contributed by atoms with Crippen LogP contribution in [-0.4, -0.2) is 62.5 Å². The topological polar surface area (TPSA) is 141 Å². The average Bonchev–Trinajstić information content (AvgIpc) is 3.43. The van der Waals surface area contributed by atoms with Gasteiger partial charge in [0.15, 0.2) is 0 Å². The third-order valence-corrected chi connectivity index (χ3v) is 6.99. The van der Waals surface area contributed by atoms with Gasteiger partial charge in [0.1, 0.15) is 17.6 Å². The Morgan fingerprint density at radius 1 is 0.953 bits per heavy atom. The Morgan fingerprint density at radius 3 is 2.30 bits per heavy atom. The van der Waals surface area contributed by atoms with Crippen LogP contribution in [0.15, 0.2) is 79.1 Å². The molecule has 0 fully saturated rings. The third kappa shape index (κ3) is 8.89. The monoisotopic (exact) mass is 584 g/mol. The van der Waals surface area contributed by atoms with Crippen LogP contribution in [-0.2, 0) is 21.4 Å². The molecule has 0 spiro atoms. The van der Waals surface area contributed by atoms with E-state index in [9.17, 15) is 14.7 Å². The molecule has 4 aromatic rings. The number of rotatable bonds is 13. The number of aromatic nitrogens is 3. The van der Waals surface area contributed by atoms with Gasteiger partial charge in [-0.2, -0.15) is 5.10 Å². The molecule has 0 radical (unpaired) electrons. The van der Waals surface area contributed by atoms with Gasteiger partial charge in [-0.3, -0.25) is 14.6 Å². The van der Waals surface area contributed by atoms with Gasteiger partial charge in [-0.25, -0.2) is 4.68 Å². The standard InChI is InChI=1S/C33H40N6O4/c1-33(2,3)25-8-10-26(11-9-25)39-30(22-28(38-39)24-14-17-34-18-15-24)35-16-4-5-31(42)37-29(32(43)36-19-20-40)21-23-6-12-27(41)13-7-23/h6-15,17-18,22,29,35,40-41H,4-5,16,19-21H2,1-3H3,(H,36,43)(H,37,42). The van der Waals surface area contributed by atoms with E-state index < -0.39 is 6.04 Å². The van der Waals surface area contributed by atoms with Crippen molar-refractivity contribution in [2.75, 3.05) is 25.0 Å². The Labute approximate surface area is 252 Å². The Morgan fingerprint density at radius 2 is 1.65 bits per heavy atom. The van der Waals surface area contributed by atoms with Gasteiger partial charge >= 0.3 is 0 Å². The van der Waals surface area contributed by atoms with Gasteiger partial charge < -0.3 is 26.2 Å². The van der Waals surface area contributed by atoms with Crippen LogP contribution >= 0.6 is 0 Å². The van der Waals surface area contributed by atoms with E-state index in [4.69, 9.17) is 10.2 Å². The largest absolute Gasteiger partial charge is 0.508 e. The number of hydrogen-bond donors (Lipinski definition) is 5. The summed E-state index contributed by atoms with van der Waals surface area (Å²) < 4.78 is 1.86. The highest BCUT2D eigenvalue weighted by Gasteiger charge is 2.21. The number of phenolic OH excluding ortho intramolecular Hbond substituents is 1. The number of carbonyl (C=O) groups excluding carboxylic acids is 2. The van der Waals surface area contributed by atoms with Crippen LogP contribution in [0.5, 0.6) is 5.75 Å². The average molecular weight is 585 g/mol. The molecule has 5 N–H and O–H groups in total. The molecule has 0 aliphatic carbocycles. The van der Waals surface area contributed by atoms with Gasteiger partial charge in [0.25, 0.3) is 0 Å². The number of benzene rings is 2. The van der Waals surface area contributed by atoms with E-state index in [1.165, 1.54) is 17.7 Å². The van der Waals surface area contributed by atoms with Crippen LogP contribution in [0.1, 0.15) is 44.7 Å². The first kappa shape index (κ1) is 31.2. The summed E-state index contributed by atoms with van der Waals surface area (Å²) in [6.07, 6.45) is 4.45. The van der Waals surface area contributed by atoms with Gasteiger partial charge in [0.05, 0.1) is 18.0 Å². The molecule has 43 heavy (non-hydrogen) atoms. The molecule has 2 heterocycles. The molecular formula is C33H40N6O4. The fourth-order valence-electron chi connectivity index (χ4n) is 4.58. The van der Waals surface area contributed by atoms with E-state index >= 15 is 0 Å². The predicted octanol–water partition coefficient (Wildman–Crippen LogP) is 3.97. The van der Waals surface area contributed by atoms with Crippen LogP contribution in [0.2, 0.25) is 0 Å². The third-order valence-electron chi connectivity index (χ3n) is 6.99. The van der Waals surface area contributed by atoms with Crippen LogP contribution < -0.4 is 16.0 Å². The molecule has 0 bridgehead atoms. The van der Waals surface area contributed by atoms with Crippen molar-refractivity contribution in [2.24, 2.45) is 0 Å². The minimum Gasteiger partial charge on any atom is -0.508 e. The summed E-state index contributed by atoms with van der Waals surface area (Å²) >= 11 is 0. The second-order valence-corrected chi connectivity index (χ2v) is 11.4. The molecule has 0 saturated heterocycles. The van der Waals surface area contributed by atoms with Crippen molar-refractivity contribution >= 4 is 17.6 Å². The van der Waals surface area contributed by atoms with Crippen molar-refractivity contribution in [1.29, 1.82) is 0 Å². The Bertz CT molecular complexity index is 1480. The number of aliphatic hydroxyl groups excluding tert-OH is 1. The van der Waals surface area contributed by atoms with E-state index in [-0.39, 0.29) is 49.0 Å². The number of aromatic hydroxyl groups is 1. The van der Waals surface area contributed by atoms with Crippen LogP contribution in [0.4, 0.5) is 5.82 Å². The number of phenols is 1. The second-order valence-electron chi connectivity index (χ2n) is 11.4. The first-order chi connectivity index (χ1) is 20.6. The maximum absolute atomic E-state index is 12.8. The van der Waals surface area contributed by atoms with Crippen molar-refractivity contribution in [2.45, 2.75) is 51.5 Å². The zero-order valence-electron chi connectivity index (χ0n) is 24.9. The molecule has 2 aromatic carbocycles. The van der Waals surface area contributed by atoms with Crippen LogP contribution in [0.25, 0.3) is 16.9 Å². The summed E-state index contributed by atoms with van der Waals surface area (Å²) in [5.41, 5.74) is 4.72. The van der Waals surface area contributed by atoms with Crippen molar-refractivity contribution in [3.8, 4) is 22.7 Å². The Kier molecular flexibility index (Phi) is 10.5. The normalized spacial score (nSPS) is 12.0. The lowest BCUT2D eigenvalue weighted by Gasteiger charge is -2.19. The molecule has 4 rings (SSSR count). The summed E-state index contributed by atoms with van der Waals surface area (Å²) in [6.45, 7) is 6.94. The SMILES string of the molecule is CC(C)(C)c1ccc(-n2nc(-c3ccncc3)cc2NCCCC(=O)NC(Cc2ccc(O)cc2)C(=O)NCCO)cc1. The van der Waals surface area contributed by atoms with Gasteiger partial charge in [0, 0.05) is 50.0 Å². The number of hydrogen-bond acceptors (Lipinski definition) is 7. The molecule has 10 heteroatoms. The molecule has 2 aromatic heterocycles. The second kappa shape index (κ2) is 14.5. The van der Waals surface area contributed by atoms with Gasteiger partial charge in [0.2, 0.25) is 11.8 Å². The molecular weight excluding hydrogens is 544 g/mol. The molecule has 0 aliphatic rings. The molecule has 2 amide bonds. The Hall–Kier alpha value is -4.70. The maximum atomic E-state index is 12.8. The minimum atomic E-state index is -0.808. The molecule has 0 saturated carbocycles. The highest BCUT2D eigenvalue weighted by molar-refractivity contribution is 5.87. The highest BCUT2D eigenvalue weighted by atomic mass is 16.3. The number of nitrogens with one attached hydrogen (secondary N) is 3. The Balaban J connectivity index is 1.41. The number of carbonyl (C=O) groups is 2. The predicted molar refractivity (Wildman–Crippen MR) is 167 cm³/mol. The number of amides is 2. The maximum Gasteiger partial charge on any atom is 0.243 e. The van der Waals surface area contributed by atoms with E-state index in [0.29, 0.717) is 13.0 Å².